The first-order valence-corrected chi connectivity index (χ1v) is 17.4. The molecular weight excluding hydrogens is 560 g/mol. The number of ketones is 1. The van der Waals surface area contributed by atoms with Gasteiger partial charge in [0.25, 0.3) is 0 Å². The maximum absolute atomic E-state index is 14.3. The molecule has 5 fully saturated rings. The van der Waals surface area contributed by atoms with Crippen molar-refractivity contribution in [2.24, 2.45) is 56.7 Å². The molecule has 9 atom stereocenters. The molecule has 0 heterocycles. The highest BCUT2D eigenvalue weighted by molar-refractivity contribution is 6.04. The van der Waals surface area contributed by atoms with Gasteiger partial charge >= 0.3 is 5.97 Å². The van der Waals surface area contributed by atoms with Crippen molar-refractivity contribution >= 4 is 17.8 Å². The van der Waals surface area contributed by atoms with E-state index in [1.807, 2.05) is 18.2 Å². The number of carbonyl (C=O) groups excluding carboxylic acids is 2. The number of para-hydroxylation sites is 1. The highest BCUT2D eigenvalue weighted by Gasteiger charge is 2.72. The zero-order chi connectivity index (χ0) is 32.7. The lowest BCUT2D eigenvalue weighted by atomic mass is 9.32. The molecule has 0 radical (unpaired) electrons. The third-order valence-electron chi connectivity index (χ3n) is 15.0. The summed E-state index contributed by atoms with van der Waals surface area (Å²) >= 11 is 0. The zero-order valence-corrected chi connectivity index (χ0v) is 29.3. The molecule has 6 rings (SSSR count). The minimum absolute atomic E-state index is 0.0107. The van der Waals surface area contributed by atoms with E-state index in [1.54, 1.807) is 21.3 Å². The summed E-state index contributed by atoms with van der Waals surface area (Å²) in [5.74, 6) is 3.58. The van der Waals surface area contributed by atoms with Gasteiger partial charge < -0.3 is 14.2 Å². The van der Waals surface area contributed by atoms with Crippen molar-refractivity contribution in [3.63, 3.8) is 0 Å². The van der Waals surface area contributed by atoms with E-state index in [4.69, 9.17) is 14.2 Å². The van der Waals surface area contributed by atoms with Crippen LogP contribution in [0.4, 0.5) is 0 Å². The summed E-state index contributed by atoms with van der Waals surface area (Å²) in [5.41, 5.74) is 2.41. The summed E-state index contributed by atoms with van der Waals surface area (Å²) in [6.45, 7) is 18.7. The van der Waals surface area contributed by atoms with Crippen molar-refractivity contribution in [2.45, 2.75) is 99.3 Å². The monoisotopic (exact) mass is 616 g/mol. The van der Waals surface area contributed by atoms with Crippen LogP contribution in [-0.4, -0.2) is 33.1 Å². The molecule has 5 saturated carbocycles. The maximum atomic E-state index is 14.3. The number of esters is 1. The van der Waals surface area contributed by atoms with Gasteiger partial charge in [-0.25, -0.2) is 0 Å². The van der Waals surface area contributed by atoms with Gasteiger partial charge in [-0.05, 0) is 128 Å². The van der Waals surface area contributed by atoms with Gasteiger partial charge in [0, 0.05) is 11.0 Å². The van der Waals surface area contributed by atoms with Crippen molar-refractivity contribution < 1.29 is 23.8 Å². The summed E-state index contributed by atoms with van der Waals surface area (Å²) < 4.78 is 16.9. The first-order valence-electron chi connectivity index (χ1n) is 17.4. The number of allylic oxidation sites excluding steroid dienone is 2. The maximum Gasteiger partial charge on any atom is 0.312 e. The Bertz CT molecular complexity index is 1440. The normalized spacial score (nSPS) is 42.6. The third-order valence-corrected chi connectivity index (χ3v) is 15.0. The minimum atomic E-state index is -0.451. The van der Waals surface area contributed by atoms with E-state index < -0.39 is 5.41 Å². The molecule has 5 nitrogen and oxygen atoms in total. The fourth-order valence-corrected chi connectivity index (χ4v) is 12.9. The summed E-state index contributed by atoms with van der Waals surface area (Å²) in [4.78, 5) is 27.9. The summed E-state index contributed by atoms with van der Waals surface area (Å²) in [5, 5.41) is 0. The van der Waals surface area contributed by atoms with Crippen LogP contribution in [-0.2, 0) is 14.3 Å². The van der Waals surface area contributed by atoms with Crippen molar-refractivity contribution in [1.29, 1.82) is 0 Å². The lowest BCUT2D eigenvalue weighted by molar-refractivity contribution is -0.232. The van der Waals surface area contributed by atoms with Crippen molar-refractivity contribution in [3.05, 3.63) is 41.5 Å². The first kappa shape index (κ1) is 32.4. The number of fused-ring (bicyclic) bond motifs is 7. The number of hydrogen-bond acceptors (Lipinski definition) is 5. The van der Waals surface area contributed by atoms with Gasteiger partial charge in [-0.3, -0.25) is 9.59 Å². The Morgan fingerprint density at radius 2 is 1.62 bits per heavy atom. The van der Waals surface area contributed by atoms with Crippen LogP contribution >= 0.6 is 0 Å². The minimum Gasteiger partial charge on any atom is -0.493 e. The van der Waals surface area contributed by atoms with E-state index in [9.17, 15) is 9.59 Å². The zero-order valence-electron chi connectivity index (χ0n) is 29.3. The fourth-order valence-electron chi connectivity index (χ4n) is 12.9. The molecule has 5 aliphatic carbocycles. The van der Waals surface area contributed by atoms with Crippen LogP contribution in [0.2, 0.25) is 0 Å². The topological polar surface area (TPSA) is 61.8 Å². The van der Waals surface area contributed by atoms with E-state index >= 15 is 0 Å². The average Bonchev–Trinajstić information content (AvgIpc) is 3.41. The molecule has 5 heteroatoms. The predicted octanol–water partition coefficient (Wildman–Crippen LogP) is 9.10. The van der Waals surface area contributed by atoms with Gasteiger partial charge in [0.15, 0.2) is 17.3 Å². The molecule has 1 aromatic rings. The smallest absolute Gasteiger partial charge is 0.312 e. The second-order valence-corrected chi connectivity index (χ2v) is 16.8. The van der Waals surface area contributed by atoms with Crippen LogP contribution < -0.4 is 9.47 Å². The number of methoxy groups -OCH3 is 3. The van der Waals surface area contributed by atoms with Crippen molar-refractivity contribution in [1.82, 2.24) is 0 Å². The molecule has 0 spiro atoms. The van der Waals surface area contributed by atoms with Gasteiger partial charge in [-0.2, -0.15) is 0 Å². The molecule has 0 aromatic heterocycles. The van der Waals surface area contributed by atoms with E-state index in [1.165, 1.54) is 5.57 Å². The number of rotatable bonds is 5. The largest absolute Gasteiger partial charge is 0.493 e. The SMILES string of the molecule is C=C(C)[C@@H]1CCC2(C(=O)OC)CC[C@]3(C)C(CCC4[C@@]5(C)C/C(=C/c6cccc(OC)c6OC)C(=O)C(C)(C)C5CC[C@]43C)C12. The third kappa shape index (κ3) is 4.23. The summed E-state index contributed by atoms with van der Waals surface area (Å²) in [6.07, 6.45) is 11.3. The number of ether oxygens (including phenoxy) is 3. The van der Waals surface area contributed by atoms with E-state index in [0.717, 1.165) is 68.9 Å². The summed E-state index contributed by atoms with van der Waals surface area (Å²) in [7, 11) is 4.89. The van der Waals surface area contributed by atoms with E-state index in [-0.39, 0.29) is 33.4 Å². The number of carbonyl (C=O) groups is 2. The molecule has 246 valence electrons. The van der Waals surface area contributed by atoms with Crippen LogP contribution in [0.15, 0.2) is 35.9 Å². The van der Waals surface area contributed by atoms with Crippen LogP contribution in [0, 0.1) is 56.7 Å². The molecule has 45 heavy (non-hydrogen) atoms. The highest BCUT2D eigenvalue weighted by Crippen LogP contribution is 2.77. The molecule has 5 aliphatic rings. The van der Waals surface area contributed by atoms with Crippen molar-refractivity contribution in [3.8, 4) is 11.5 Å². The molecule has 5 unspecified atom stereocenters. The molecular formula is C40H56O5. The average molecular weight is 617 g/mol. The van der Waals surface area contributed by atoms with Crippen LogP contribution in [0.5, 0.6) is 11.5 Å². The number of Topliss-reactive ketones (excluding diaryl/α,β-unsaturated/α-hetero) is 1. The Morgan fingerprint density at radius 3 is 2.27 bits per heavy atom. The van der Waals surface area contributed by atoms with Crippen LogP contribution in [0.25, 0.3) is 6.08 Å². The Hall–Kier alpha value is -2.56. The lowest BCUT2D eigenvalue weighted by Crippen LogP contribution is -2.67. The molecule has 0 aliphatic heterocycles. The van der Waals surface area contributed by atoms with Crippen molar-refractivity contribution in [2.75, 3.05) is 21.3 Å². The highest BCUT2D eigenvalue weighted by atomic mass is 16.5. The molecule has 0 N–H and O–H groups in total. The Balaban J connectivity index is 1.42. The second-order valence-electron chi connectivity index (χ2n) is 16.8. The fraction of sp³-hybridized carbons (Fsp3) is 0.700. The van der Waals surface area contributed by atoms with E-state index in [2.05, 4.69) is 54.2 Å². The first-order chi connectivity index (χ1) is 21.2. The standard InChI is InChI=1S/C40H56O5/c1-24(2)27-16-19-40(35(42)45-10)21-20-38(6)28(32(27)40)14-15-31-37(5)23-26(22-25-12-11-13-29(43-8)33(25)44-9)34(41)36(3,4)30(37)17-18-39(31,38)7/h11-13,22,27-28,30-32H,1,14-21,23H2,2-10H3/b26-22-/t27-,28?,30?,31?,32?,37-,38+,39+,40?/m0/s1. The molecule has 1 aromatic carbocycles. The second kappa shape index (κ2) is 10.7. The lowest BCUT2D eigenvalue weighted by Gasteiger charge is -2.72. The van der Waals surface area contributed by atoms with Gasteiger partial charge in [-0.15, -0.1) is 0 Å². The Labute approximate surface area is 271 Å². The number of hydrogen-bond donors (Lipinski definition) is 0. The Kier molecular flexibility index (Phi) is 7.73. The van der Waals surface area contributed by atoms with Gasteiger partial charge in [-0.1, -0.05) is 58.9 Å². The molecule has 0 bridgehead atoms. The van der Waals surface area contributed by atoms with E-state index in [0.29, 0.717) is 41.1 Å². The van der Waals surface area contributed by atoms with Gasteiger partial charge in [0.2, 0.25) is 0 Å². The number of benzene rings is 1. The van der Waals surface area contributed by atoms with Crippen LogP contribution in [0.3, 0.4) is 0 Å². The van der Waals surface area contributed by atoms with Crippen LogP contribution in [0.1, 0.15) is 105 Å². The Morgan fingerprint density at radius 1 is 0.889 bits per heavy atom. The molecule has 0 saturated heterocycles. The quantitative estimate of drug-likeness (QED) is 0.188. The molecule has 0 amide bonds. The predicted molar refractivity (Wildman–Crippen MR) is 179 cm³/mol. The summed E-state index contributed by atoms with van der Waals surface area (Å²) in [6, 6.07) is 5.89. The van der Waals surface area contributed by atoms with Gasteiger partial charge in [0.05, 0.1) is 26.7 Å². The van der Waals surface area contributed by atoms with Gasteiger partial charge in [0.1, 0.15) is 0 Å².